The van der Waals surface area contributed by atoms with Gasteiger partial charge in [0.15, 0.2) is 0 Å². The van der Waals surface area contributed by atoms with Crippen molar-refractivity contribution in [2.75, 3.05) is 36.4 Å². The molecule has 0 bridgehead atoms. The highest BCUT2D eigenvalue weighted by molar-refractivity contribution is 7.89. The van der Waals surface area contributed by atoms with Crippen LogP contribution in [-0.4, -0.2) is 45.4 Å². The third-order valence-corrected chi connectivity index (χ3v) is 7.98. The van der Waals surface area contributed by atoms with Crippen molar-refractivity contribution in [2.45, 2.75) is 24.9 Å². The van der Waals surface area contributed by atoms with E-state index < -0.39 is 16.2 Å². The molecule has 8 heteroatoms. The van der Waals surface area contributed by atoms with Gasteiger partial charge in [0, 0.05) is 37.4 Å². The van der Waals surface area contributed by atoms with E-state index in [1.165, 1.54) is 16.8 Å². The van der Waals surface area contributed by atoms with Crippen LogP contribution in [0.5, 0.6) is 0 Å². The quantitative estimate of drug-likeness (QED) is 0.603. The van der Waals surface area contributed by atoms with Crippen molar-refractivity contribution in [3.63, 3.8) is 0 Å². The summed E-state index contributed by atoms with van der Waals surface area (Å²) in [5.41, 5.74) is 5.64. The Morgan fingerprint density at radius 2 is 1.62 bits per heavy atom. The summed E-state index contributed by atoms with van der Waals surface area (Å²) in [6, 6.07) is 20.4. The smallest absolute Gasteiger partial charge is 0.253 e. The van der Waals surface area contributed by atoms with E-state index in [-0.39, 0.29) is 10.8 Å². The lowest BCUT2D eigenvalue weighted by molar-refractivity contribution is 0.0746. The molecule has 0 aliphatic carbocycles. The number of piperazine rings is 1. The van der Waals surface area contributed by atoms with Crippen LogP contribution < -0.4 is 14.9 Å². The Kier molecular flexibility index (Phi) is 5.79. The second-order valence-electron chi connectivity index (χ2n) is 8.89. The molecule has 2 aliphatic heterocycles. The van der Waals surface area contributed by atoms with E-state index in [0.29, 0.717) is 24.3 Å². The number of sulfonamides is 1. The van der Waals surface area contributed by atoms with Crippen LogP contribution in [0.4, 0.5) is 11.4 Å². The number of amides is 1. The molecule has 3 aromatic carbocycles. The summed E-state index contributed by atoms with van der Waals surface area (Å²) in [6.45, 7) is 7.13. The third kappa shape index (κ3) is 4.26. The fraction of sp³-hybridized carbons (Fsp3) is 0.269. The number of carbonyl (C=O) groups is 1. The van der Waals surface area contributed by atoms with Gasteiger partial charge in [0.1, 0.15) is 11.1 Å². The molecule has 176 valence electrons. The van der Waals surface area contributed by atoms with E-state index in [4.69, 9.17) is 0 Å². The highest BCUT2D eigenvalue weighted by Crippen LogP contribution is 2.31. The minimum atomic E-state index is -3.61. The normalized spacial score (nSPS) is 19.3. The van der Waals surface area contributed by atoms with Gasteiger partial charge < -0.3 is 15.1 Å². The number of para-hydroxylation sites is 1. The Hall–Kier alpha value is -3.36. The first-order valence-electron chi connectivity index (χ1n) is 11.4. The number of fused-ring (bicyclic) bond motifs is 1. The van der Waals surface area contributed by atoms with Crippen LogP contribution in [0, 0.1) is 13.8 Å². The van der Waals surface area contributed by atoms with Crippen LogP contribution in [-0.2, 0) is 10.0 Å². The zero-order valence-corrected chi connectivity index (χ0v) is 20.1. The largest absolute Gasteiger partial charge is 0.368 e. The fourth-order valence-electron chi connectivity index (χ4n) is 4.69. The summed E-state index contributed by atoms with van der Waals surface area (Å²) in [6.07, 6.45) is -0.592. The molecule has 2 heterocycles. The number of benzene rings is 3. The number of nitrogens with zero attached hydrogens (tertiary/aromatic N) is 2. The van der Waals surface area contributed by atoms with Crippen molar-refractivity contribution in [3.05, 3.63) is 89.0 Å². The number of anilines is 2. The monoisotopic (exact) mass is 476 g/mol. The van der Waals surface area contributed by atoms with Crippen molar-refractivity contribution in [2.24, 2.45) is 0 Å². The molecule has 0 unspecified atom stereocenters. The van der Waals surface area contributed by atoms with E-state index in [9.17, 15) is 13.2 Å². The van der Waals surface area contributed by atoms with Crippen LogP contribution in [0.3, 0.4) is 0 Å². The van der Waals surface area contributed by atoms with E-state index in [1.807, 2.05) is 4.90 Å². The number of aryl methyl sites for hydroxylation is 2. The van der Waals surface area contributed by atoms with Crippen molar-refractivity contribution < 1.29 is 13.2 Å². The Labute approximate surface area is 200 Å². The second-order valence-corrected chi connectivity index (χ2v) is 10.6. The molecule has 7 nitrogen and oxygen atoms in total. The average Bonchev–Trinajstić information content (AvgIpc) is 2.83. The number of hydrogen-bond acceptors (Lipinski definition) is 5. The topological polar surface area (TPSA) is 81.8 Å². The van der Waals surface area contributed by atoms with Gasteiger partial charge >= 0.3 is 0 Å². The van der Waals surface area contributed by atoms with Crippen LogP contribution in [0.1, 0.15) is 33.2 Å². The van der Waals surface area contributed by atoms with Crippen molar-refractivity contribution in [1.29, 1.82) is 0 Å². The van der Waals surface area contributed by atoms with Crippen molar-refractivity contribution in [3.8, 4) is 0 Å². The van der Waals surface area contributed by atoms with Gasteiger partial charge in [-0.25, -0.2) is 8.42 Å². The molecule has 3 aromatic rings. The van der Waals surface area contributed by atoms with E-state index in [2.05, 4.69) is 47.0 Å². The predicted octanol–water partition coefficient (Wildman–Crippen LogP) is 3.67. The lowest BCUT2D eigenvalue weighted by atomic mass is 10.1. The van der Waals surface area contributed by atoms with E-state index in [0.717, 1.165) is 18.7 Å². The molecular weight excluding hydrogens is 448 g/mol. The van der Waals surface area contributed by atoms with Crippen LogP contribution in [0.2, 0.25) is 0 Å². The maximum Gasteiger partial charge on any atom is 0.253 e. The van der Waals surface area contributed by atoms with Gasteiger partial charge in [-0.3, -0.25) is 4.79 Å². The van der Waals surface area contributed by atoms with Gasteiger partial charge in [0.2, 0.25) is 10.0 Å². The summed E-state index contributed by atoms with van der Waals surface area (Å²) < 4.78 is 27.8. The van der Waals surface area contributed by atoms with Crippen LogP contribution >= 0.6 is 0 Å². The summed E-state index contributed by atoms with van der Waals surface area (Å²) in [7, 11) is -3.61. The summed E-state index contributed by atoms with van der Waals surface area (Å²) in [4.78, 5) is 17.5. The molecule has 0 aromatic heterocycles. The molecule has 34 heavy (non-hydrogen) atoms. The lowest BCUT2D eigenvalue weighted by Crippen LogP contribution is -2.49. The molecule has 0 radical (unpaired) electrons. The zero-order valence-electron chi connectivity index (χ0n) is 19.3. The van der Waals surface area contributed by atoms with E-state index >= 15 is 0 Å². The fourth-order valence-corrected chi connectivity index (χ4v) is 5.99. The number of hydrogen-bond donors (Lipinski definition) is 2. The van der Waals surface area contributed by atoms with Gasteiger partial charge in [-0.05, 0) is 55.3 Å². The van der Waals surface area contributed by atoms with E-state index in [1.54, 1.807) is 48.5 Å². The van der Waals surface area contributed by atoms with Crippen LogP contribution in [0.15, 0.2) is 71.6 Å². The second kappa shape index (κ2) is 8.77. The highest BCUT2D eigenvalue weighted by Gasteiger charge is 2.30. The molecule has 1 amide bonds. The minimum Gasteiger partial charge on any atom is -0.368 e. The Morgan fingerprint density at radius 3 is 2.32 bits per heavy atom. The van der Waals surface area contributed by atoms with Crippen LogP contribution in [0.25, 0.3) is 0 Å². The molecule has 2 aliphatic rings. The SMILES string of the molecule is Cc1ccc(N2CCN(C(=O)c3ccc([C@H]4Nc5ccccc5S(=O)(=O)N4)cc3)CC2)c(C)c1. The maximum atomic E-state index is 13.1. The first-order valence-corrected chi connectivity index (χ1v) is 12.9. The number of nitrogens with one attached hydrogen (secondary N) is 2. The lowest BCUT2D eigenvalue weighted by Gasteiger charge is -2.37. The van der Waals surface area contributed by atoms with Gasteiger partial charge in [-0.15, -0.1) is 0 Å². The van der Waals surface area contributed by atoms with Gasteiger partial charge in [0.25, 0.3) is 5.91 Å². The molecule has 1 fully saturated rings. The summed E-state index contributed by atoms with van der Waals surface area (Å²) in [5, 5.41) is 3.22. The molecule has 0 spiro atoms. The van der Waals surface area contributed by atoms with Crippen molar-refractivity contribution in [1.82, 2.24) is 9.62 Å². The molecule has 1 atom stereocenters. The predicted molar refractivity (Wildman–Crippen MR) is 134 cm³/mol. The summed E-state index contributed by atoms with van der Waals surface area (Å²) >= 11 is 0. The number of rotatable bonds is 3. The molecular formula is C26H28N4O3S. The Bertz CT molecular complexity index is 1330. The standard InChI is InChI=1S/C26H28N4O3S/c1-18-7-12-23(19(2)17-18)29-13-15-30(16-14-29)26(31)21-10-8-20(9-11-21)25-27-22-5-3-4-6-24(22)34(32,33)28-25/h3-12,17,25,27-28H,13-16H2,1-2H3/t25-/m0/s1. The Balaban J connectivity index is 1.25. The molecule has 0 saturated carbocycles. The Morgan fingerprint density at radius 1 is 0.912 bits per heavy atom. The van der Waals surface area contributed by atoms with Gasteiger partial charge in [0.05, 0.1) is 5.69 Å². The van der Waals surface area contributed by atoms with Crippen molar-refractivity contribution >= 4 is 27.3 Å². The van der Waals surface area contributed by atoms with Gasteiger partial charge in [-0.2, -0.15) is 4.72 Å². The molecule has 1 saturated heterocycles. The molecule has 2 N–H and O–H groups in total. The summed E-state index contributed by atoms with van der Waals surface area (Å²) in [5.74, 6) is -0.00522. The average molecular weight is 477 g/mol. The first kappa shape index (κ1) is 22.4. The first-order chi connectivity index (χ1) is 16.3. The zero-order chi connectivity index (χ0) is 23.9. The molecule has 5 rings (SSSR count). The number of carbonyl (C=O) groups excluding carboxylic acids is 1. The highest BCUT2D eigenvalue weighted by atomic mass is 32.2. The third-order valence-electron chi connectivity index (χ3n) is 6.50. The maximum absolute atomic E-state index is 13.1. The minimum absolute atomic E-state index is 0.00522. The van der Waals surface area contributed by atoms with Gasteiger partial charge in [-0.1, -0.05) is 42.0 Å².